The molecule has 2 aliphatic heterocycles. The van der Waals surface area contributed by atoms with E-state index in [1.165, 1.54) is 17.5 Å². The number of fused-ring (bicyclic) bond motifs is 2. The predicted molar refractivity (Wildman–Crippen MR) is 136 cm³/mol. The Labute approximate surface area is 205 Å². The van der Waals surface area contributed by atoms with Crippen molar-refractivity contribution in [2.45, 2.75) is 44.9 Å². The van der Waals surface area contributed by atoms with E-state index in [0.29, 0.717) is 18.9 Å². The summed E-state index contributed by atoms with van der Waals surface area (Å²) in [4.78, 5) is 29.2. The first-order chi connectivity index (χ1) is 17.1. The number of aliphatic hydroxyl groups excluding tert-OH is 1. The fourth-order valence-electron chi connectivity index (χ4n) is 5.06. The number of hydrogen-bond acceptors (Lipinski definition) is 8. The van der Waals surface area contributed by atoms with Gasteiger partial charge in [-0.2, -0.15) is 0 Å². The van der Waals surface area contributed by atoms with Gasteiger partial charge in [-0.05, 0) is 36.5 Å². The molecule has 9 heteroatoms. The highest BCUT2D eigenvalue weighted by molar-refractivity contribution is 5.95. The Morgan fingerprint density at radius 1 is 1.09 bits per heavy atom. The van der Waals surface area contributed by atoms with Crippen LogP contribution in [0.4, 0.5) is 11.6 Å². The number of nitrogens with one attached hydrogen (secondary N) is 2. The van der Waals surface area contributed by atoms with Gasteiger partial charge in [0.1, 0.15) is 17.7 Å². The summed E-state index contributed by atoms with van der Waals surface area (Å²) in [6.07, 6.45) is 5.54. The third-order valence-electron chi connectivity index (χ3n) is 7.02. The molecule has 9 nitrogen and oxygen atoms in total. The Morgan fingerprint density at radius 3 is 2.69 bits per heavy atom. The van der Waals surface area contributed by atoms with E-state index < -0.39 is 6.10 Å². The molecule has 1 amide bonds. The van der Waals surface area contributed by atoms with Crippen LogP contribution in [0.2, 0.25) is 0 Å². The molecule has 4 heterocycles. The summed E-state index contributed by atoms with van der Waals surface area (Å²) < 4.78 is 0. The van der Waals surface area contributed by atoms with Crippen LogP contribution < -0.4 is 10.6 Å². The summed E-state index contributed by atoms with van der Waals surface area (Å²) in [6, 6.07) is 10.7. The Hall–Kier alpha value is -3.30. The summed E-state index contributed by atoms with van der Waals surface area (Å²) in [5, 5.41) is 18.4. The molecule has 0 bridgehead atoms. The van der Waals surface area contributed by atoms with Gasteiger partial charge in [0.05, 0.1) is 6.10 Å². The molecule has 1 fully saturated rings. The van der Waals surface area contributed by atoms with E-state index in [-0.39, 0.29) is 11.9 Å². The van der Waals surface area contributed by atoms with Gasteiger partial charge in [0.15, 0.2) is 5.82 Å². The van der Waals surface area contributed by atoms with Crippen molar-refractivity contribution in [3.05, 3.63) is 54.0 Å². The van der Waals surface area contributed by atoms with E-state index in [4.69, 9.17) is 0 Å². The van der Waals surface area contributed by atoms with Crippen molar-refractivity contribution in [2.75, 3.05) is 43.4 Å². The maximum atomic E-state index is 11.6. The normalized spacial score (nSPS) is 17.7. The molecule has 0 saturated carbocycles. The van der Waals surface area contributed by atoms with Gasteiger partial charge in [-0.15, -0.1) is 0 Å². The first-order valence-electron chi connectivity index (χ1n) is 12.4. The average Bonchev–Trinajstić information content (AvgIpc) is 2.88. The molecule has 35 heavy (non-hydrogen) atoms. The number of aromatic nitrogens is 3. The number of pyridine rings is 1. The molecule has 0 radical (unpaired) electrons. The summed E-state index contributed by atoms with van der Waals surface area (Å²) >= 11 is 0. The van der Waals surface area contributed by atoms with Gasteiger partial charge in [0, 0.05) is 63.8 Å². The highest BCUT2D eigenvalue weighted by atomic mass is 16.3. The number of carbonyl (C=O) groups excluding carboxylic acids is 1. The highest BCUT2D eigenvalue weighted by Crippen LogP contribution is 2.26. The van der Waals surface area contributed by atoms with Crippen LogP contribution in [-0.4, -0.2) is 80.6 Å². The number of carbonyl (C=O) groups is 1. The number of aliphatic hydroxyl groups is 1. The lowest BCUT2D eigenvalue weighted by molar-refractivity contribution is -0.129. The zero-order chi connectivity index (χ0) is 24.2. The second kappa shape index (κ2) is 10.5. The lowest BCUT2D eigenvalue weighted by Gasteiger charge is -2.32. The van der Waals surface area contributed by atoms with Crippen LogP contribution in [0.3, 0.4) is 0 Å². The molecule has 5 rings (SSSR count). The maximum absolute atomic E-state index is 11.6. The van der Waals surface area contributed by atoms with Gasteiger partial charge in [-0.1, -0.05) is 24.3 Å². The van der Waals surface area contributed by atoms with E-state index in [2.05, 4.69) is 54.8 Å². The molecule has 184 valence electrons. The summed E-state index contributed by atoms with van der Waals surface area (Å²) in [6.45, 7) is 5.96. The number of likely N-dealkylation sites (tertiary alicyclic amines) is 1. The second-order valence-corrected chi connectivity index (χ2v) is 9.49. The van der Waals surface area contributed by atoms with Crippen molar-refractivity contribution in [1.29, 1.82) is 0 Å². The van der Waals surface area contributed by atoms with E-state index in [9.17, 15) is 9.90 Å². The molecule has 0 spiro atoms. The standard InChI is InChI=1S/C26H33N7O2/c1-18(34)33-12-8-21(9-13-33)31-26-24-23(6-10-27-26)25(30-17-29-24)28-14-22(35)16-32-11-7-19-4-2-3-5-20(19)15-32/h2-6,10,17,21-22,35H,7-9,11-16H2,1H3,(H,27,31)(H,28,29,30)/t22-/m0/s1. The van der Waals surface area contributed by atoms with Gasteiger partial charge in [0.2, 0.25) is 5.91 Å². The third kappa shape index (κ3) is 5.52. The lowest BCUT2D eigenvalue weighted by Crippen LogP contribution is -2.41. The van der Waals surface area contributed by atoms with Gasteiger partial charge in [0.25, 0.3) is 0 Å². The van der Waals surface area contributed by atoms with Crippen molar-refractivity contribution in [1.82, 2.24) is 24.8 Å². The number of anilines is 2. The minimum Gasteiger partial charge on any atom is -0.390 e. The topological polar surface area (TPSA) is 107 Å². The van der Waals surface area contributed by atoms with E-state index in [1.54, 1.807) is 13.1 Å². The van der Waals surface area contributed by atoms with Crippen LogP contribution >= 0.6 is 0 Å². The smallest absolute Gasteiger partial charge is 0.219 e. The van der Waals surface area contributed by atoms with Crippen molar-refractivity contribution in [2.24, 2.45) is 0 Å². The summed E-state index contributed by atoms with van der Waals surface area (Å²) in [5.74, 6) is 1.54. The molecule has 0 unspecified atom stereocenters. The number of amides is 1. The lowest BCUT2D eigenvalue weighted by atomic mass is 10.00. The SMILES string of the molecule is CC(=O)N1CCC(Nc2nccc3c(NC[C@H](O)CN4CCc5ccccc5C4)ncnc23)CC1. The molecule has 3 N–H and O–H groups in total. The fraction of sp³-hybridized carbons (Fsp3) is 0.462. The monoisotopic (exact) mass is 475 g/mol. The Morgan fingerprint density at radius 2 is 1.89 bits per heavy atom. The fourth-order valence-corrected chi connectivity index (χ4v) is 5.06. The predicted octanol–water partition coefficient (Wildman–Crippen LogP) is 2.28. The summed E-state index contributed by atoms with van der Waals surface area (Å²) in [5.41, 5.74) is 3.51. The van der Waals surface area contributed by atoms with Crippen LogP contribution in [0.1, 0.15) is 30.9 Å². The zero-order valence-electron chi connectivity index (χ0n) is 20.2. The van der Waals surface area contributed by atoms with Crippen LogP contribution in [-0.2, 0) is 17.8 Å². The molecule has 0 aliphatic carbocycles. The molecule has 2 aliphatic rings. The third-order valence-corrected chi connectivity index (χ3v) is 7.02. The van der Waals surface area contributed by atoms with E-state index in [1.807, 2.05) is 11.0 Å². The number of β-amino-alcohol motifs (C(OH)–C–C–N with tert-alkyl or cyclic N) is 1. The van der Waals surface area contributed by atoms with Crippen molar-refractivity contribution >= 4 is 28.4 Å². The number of nitrogens with zero attached hydrogens (tertiary/aromatic N) is 5. The first kappa shape index (κ1) is 23.4. The van der Waals surface area contributed by atoms with Crippen LogP contribution in [0.15, 0.2) is 42.9 Å². The molecular formula is C26H33N7O2. The molecule has 1 saturated heterocycles. The molecule has 1 atom stereocenters. The van der Waals surface area contributed by atoms with Crippen LogP contribution in [0, 0.1) is 0 Å². The van der Waals surface area contributed by atoms with Crippen molar-refractivity contribution in [3.8, 4) is 0 Å². The summed E-state index contributed by atoms with van der Waals surface area (Å²) in [7, 11) is 0. The zero-order valence-corrected chi connectivity index (χ0v) is 20.2. The number of piperidine rings is 1. The minimum atomic E-state index is -0.517. The van der Waals surface area contributed by atoms with Crippen molar-refractivity contribution in [3.63, 3.8) is 0 Å². The minimum absolute atomic E-state index is 0.127. The van der Waals surface area contributed by atoms with Gasteiger partial charge >= 0.3 is 0 Å². The Kier molecular flexibility index (Phi) is 7.06. The number of benzene rings is 1. The molecule has 1 aromatic carbocycles. The second-order valence-electron chi connectivity index (χ2n) is 9.49. The van der Waals surface area contributed by atoms with E-state index >= 15 is 0 Å². The molecular weight excluding hydrogens is 442 g/mol. The quantitative estimate of drug-likeness (QED) is 0.478. The van der Waals surface area contributed by atoms with E-state index in [0.717, 1.165) is 62.2 Å². The highest BCUT2D eigenvalue weighted by Gasteiger charge is 2.22. The Balaban J connectivity index is 1.20. The van der Waals surface area contributed by atoms with Gasteiger partial charge in [-0.25, -0.2) is 15.0 Å². The molecule has 2 aromatic heterocycles. The van der Waals surface area contributed by atoms with Gasteiger partial charge in [-0.3, -0.25) is 9.69 Å². The van der Waals surface area contributed by atoms with Crippen molar-refractivity contribution < 1.29 is 9.90 Å². The Bertz CT molecular complexity index is 1180. The largest absolute Gasteiger partial charge is 0.390 e. The molecule has 3 aromatic rings. The number of rotatable bonds is 7. The van der Waals surface area contributed by atoms with Crippen LogP contribution in [0.25, 0.3) is 10.9 Å². The first-order valence-corrected chi connectivity index (χ1v) is 12.4. The number of hydrogen-bond donors (Lipinski definition) is 3. The van der Waals surface area contributed by atoms with Gasteiger partial charge < -0.3 is 20.6 Å². The maximum Gasteiger partial charge on any atom is 0.219 e. The van der Waals surface area contributed by atoms with Crippen LogP contribution in [0.5, 0.6) is 0 Å². The average molecular weight is 476 g/mol.